The maximum Gasteiger partial charge on any atom is 0.193 e. The van der Waals surface area contributed by atoms with E-state index in [9.17, 15) is 9.59 Å². The minimum atomic E-state index is -0.0986. The third kappa shape index (κ3) is 3.58. The highest BCUT2D eigenvalue weighted by molar-refractivity contribution is 6.17. The van der Waals surface area contributed by atoms with Crippen LogP contribution in [0.15, 0.2) is 84.9 Å². The van der Waals surface area contributed by atoms with Gasteiger partial charge >= 0.3 is 0 Å². The monoisotopic (exact) mass is 443 g/mol. The topological polar surface area (TPSA) is 91.1 Å². The number of ketones is 2. The van der Waals surface area contributed by atoms with Gasteiger partial charge in [-0.25, -0.2) is 0 Å². The maximum atomic E-state index is 13.1. The Morgan fingerprint density at radius 1 is 0.618 bits per heavy atom. The molecule has 0 fully saturated rings. The summed E-state index contributed by atoms with van der Waals surface area (Å²) in [4.78, 5) is 26.2. The molecule has 0 bridgehead atoms. The maximum absolute atomic E-state index is 13.1. The molecule has 0 aliphatic rings. The van der Waals surface area contributed by atoms with E-state index in [0.29, 0.717) is 33.6 Å². The Balaban J connectivity index is 1.68. The molecule has 1 heterocycles. The van der Waals surface area contributed by atoms with Gasteiger partial charge in [0.1, 0.15) is 0 Å². The normalized spacial score (nSPS) is 10.7. The van der Waals surface area contributed by atoms with Crippen LogP contribution in [0.5, 0.6) is 0 Å². The average Bonchev–Trinajstić information content (AvgIpc) is 3.16. The van der Waals surface area contributed by atoms with Crippen molar-refractivity contribution < 1.29 is 9.59 Å². The van der Waals surface area contributed by atoms with Crippen molar-refractivity contribution in [3.05, 3.63) is 107 Å². The Labute approximate surface area is 196 Å². The van der Waals surface area contributed by atoms with Gasteiger partial charge in [-0.2, -0.15) is 0 Å². The van der Waals surface area contributed by atoms with Gasteiger partial charge in [0.15, 0.2) is 11.6 Å². The van der Waals surface area contributed by atoms with Crippen LogP contribution in [-0.4, -0.2) is 16.1 Å². The lowest BCUT2D eigenvalue weighted by atomic mass is 9.99. The number of benzene rings is 4. The summed E-state index contributed by atoms with van der Waals surface area (Å²) in [7, 11) is 0. The van der Waals surface area contributed by atoms with Crippen LogP contribution in [0, 0.1) is 12.0 Å². The van der Waals surface area contributed by atoms with Crippen LogP contribution in [0.3, 0.4) is 0 Å². The molecule has 0 aliphatic heterocycles. The predicted molar refractivity (Wildman–Crippen MR) is 137 cm³/mol. The largest absolute Gasteiger partial charge is 0.399 e. The first kappa shape index (κ1) is 21.0. The summed E-state index contributed by atoms with van der Waals surface area (Å²) in [5.74, 6) is 2.75. The second kappa shape index (κ2) is 8.27. The molecule has 164 valence electrons. The highest BCUT2D eigenvalue weighted by atomic mass is 16.1. The van der Waals surface area contributed by atoms with Crippen LogP contribution in [0.4, 0.5) is 11.4 Å². The Morgan fingerprint density at radius 2 is 1.00 bits per heavy atom. The van der Waals surface area contributed by atoms with E-state index in [2.05, 4.69) is 12.0 Å². The molecule has 0 aliphatic carbocycles. The molecule has 0 unspecified atom stereocenters. The zero-order valence-corrected chi connectivity index (χ0v) is 18.5. The van der Waals surface area contributed by atoms with Crippen LogP contribution in [-0.2, 0) is 0 Å². The van der Waals surface area contributed by atoms with Crippen molar-refractivity contribution in [2.75, 3.05) is 11.5 Å². The first-order valence-corrected chi connectivity index (χ1v) is 10.8. The quantitative estimate of drug-likeness (QED) is 0.225. The lowest BCUT2D eigenvalue weighted by molar-refractivity contribution is 0.103. The zero-order chi connectivity index (χ0) is 23.8. The summed E-state index contributed by atoms with van der Waals surface area (Å²) in [6, 6.07) is 28.0. The Kier molecular flexibility index (Phi) is 5.12. The van der Waals surface area contributed by atoms with Gasteiger partial charge in [0.25, 0.3) is 0 Å². The molecular weight excluding hydrogens is 422 g/mol. The number of hydrogen-bond acceptors (Lipinski definition) is 4. The second-order valence-corrected chi connectivity index (χ2v) is 8.06. The summed E-state index contributed by atoms with van der Waals surface area (Å²) in [5.41, 5.74) is 16.7. The minimum absolute atomic E-state index is 0.0986. The van der Waals surface area contributed by atoms with E-state index in [-0.39, 0.29) is 11.6 Å². The Morgan fingerprint density at radius 3 is 1.38 bits per heavy atom. The van der Waals surface area contributed by atoms with Crippen LogP contribution in [0.1, 0.15) is 38.8 Å². The van der Waals surface area contributed by atoms with Gasteiger partial charge in [-0.3, -0.25) is 14.2 Å². The van der Waals surface area contributed by atoms with E-state index >= 15 is 0 Å². The summed E-state index contributed by atoms with van der Waals surface area (Å²) < 4.78 is 1.89. The third-order valence-electron chi connectivity index (χ3n) is 5.86. The predicted octanol–water partition coefficient (Wildman–Crippen LogP) is 5.25. The molecule has 34 heavy (non-hydrogen) atoms. The Bertz CT molecular complexity index is 1530. The molecule has 4 N–H and O–H groups in total. The van der Waals surface area contributed by atoms with E-state index in [4.69, 9.17) is 11.5 Å². The van der Waals surface area contributed by atoms with Gasteiger partial charge in [0.05, 0.1) is 11.0 Å². The van der Waals surface area contributed by atoms with Crippen molar-refractivity contribution in [3.8, 4) is 12.0 Å². The van der Waals surface area contributed by atoms with Crippen LogP contribution >= 0.6 is 0 Å². The lowest BCUT2D eigenvalue weighted by Gasteiger charge is -2.04. The van der Waals surface area contributed by atoms with E-state index in [1.165, 1.54) is 0 Å². The van der Waals surface area contributed by atoms with Crippen LogP contribution < -0.4 is 11.5 Å². The van der Waals surface area contributed by atoms with Crippen molar-refractivity contribution >= 4 is 44.7 Å². The van der Waals surface area contributed by atoms with Crippen molar-refractivity contribution in [2.45, 2.75) is 6.92 Å². The standard InChI is InChI=1S/C29H21N3O2/c1-2-15-32-26-13-7-20(28(33)18-3-9-22(30)10-4-18)16-24(26)25-17-21(8-14-27(25)32)29(34)19-5-11-23(31)12-6-19/h3-14,16-17H,30-31H2,1H3. The molecule has 4 aromatic carbocycles. The fourth-order valence-electron chi connectivity index (χ4n) is 4.14. The van der Waals surface area contributed by atoms with E-state index < -0.39 is 0 Å². The number of fused-ring (bicyclic) bond motifs is 3. The summed E-state index contributed by atoms with van der Waals surface area (Å²) >= 11 is 0. The fourth-order valence-corrected chi connectivity index (χ4v) is 4.14. The van der Waals surface area contributed by atoms with E-state index in [1.54, 1.807) is 67.6 Å². The highest BCUT2D eigenvalue weighted by Crippen LogP contribution is 2.31. The number of carbonyl (C=O) groups is 2. The first-order valence-electron chi connectivity index (χ1n) is 10.8. The van der Waals surface area contributed by atoms with E-state index in [1.807, 2.05) is 28.8 Å². The third-order valence-corrected chi connectivity index (χ3v) is 5.86. The summed E-state index contributed by atoms with van der Waals surface area (Å²) in [6.45, 7) is 1.77. The van der Waals surface area contributed by atoms with Gasteiger partial charge in [0, 0.05) is 50.4 Å². The molecule has 0 spiro atoms. The van der Waals surface area contributed by atoms with Crippen molar-refractivity contribution in [1.29, 1.82) is 0 Å². The molecule has 1 aromatic heterocycles. The van der Waals surface area contributed by atoms with Crippen LogP contribution in [0.25, 0.3) is 21.8 Å². The number of anilines is 2. The van der Waals surface area contributed by atoms with Crippen molar-refractivity contribution in [3.63, 3.8) is 0 Å². The summed E-state index contributed by atoms with van der Waals surface area (Å²) in [6.07, 6.45) is 0. The van der Waals surface area contributed by atoms with Gasteiger partial charge in [-0.15, -0.1) is 0 Å². The fraction of sp³-hybridized carbons (Fsp3) is 0.0345. The number of rotatable bonds is 4. The number of aromatic nitrogens is 1. The molecule has 5 aromatic rings. The van der Waals surface area contributed by atoms with Crippen LogP contribution in [0.2, 0.25) is 0 Å². The number of nitrogens with two attached hydrogens (primary N) is 2. The first-order chi connectivity index (χ1) is 16.5. The molecular formula is C29H21N3O2. The molecule has 5 heteroatoms. The number of carbonyl (C=O) groups excluding carboxylic acids is 2. The molecule has 0 saturated carbocycles. The van der Waals surface area contributed by atoms with Gasteiger partial charge in [-0.1, -0.05) is 5.92 Å². The zero-order valence-electron chi connectivity index (χ0n) is 18.5. The molecule has 0 radical (unpaired) electrons. The number of hydrogen-bond donors (Lipinski definition) is 2. The van der Waals surface area contributed by atoms with Gasteiger partial charge in [-0.05, 0) is 91.9 Å². The SMILES string of the molecule is CC#Cn1c2ccc(C(=O)c3ccc(N)cc3)cc2c2cc(C(=O)c3ccc(N)cc3)ccc21. The lowest BCUT2D eigenvalue weighted by Crippen LogP contribution is -2.01. The summed E-state index contributed by atoms with van der Waals surface area (Å²) in [5, 5.41) is 1.71. The molecule has 0 atom stereocenters. The van der Waals surface area contributed by atoms with Crippen molar-refractivity contribution in [1.82, 2.24) is 4.57 Å². The average molecular weight is 444 g/mol. The smallest absolute Gasteiger partial charge is 0.193 e. The highest BCUT2D eigenvalue weighted by Gasteiger charge is 2.17. The molecule has 0 saturated heterocycles. The Hall–Kier alpha value is -4.82. The molecule has 0 amide bonds. The number of nitrogen functional groups attached to an aromatic ring is 2. The van der Waals surface area contributed by atoms with Gasteiger partial charge < -0.3 is 11.5 Å². The molecule has 5 rings (SSSR count). The van der Waals surface area contributed by atoms with Crippen molar-refractivity contribution in [2.24, 2.45) is 0 Å². The van der Waals surface area contributed by atoms with Gasteiger partial charge in [0.2, 0.25) is 0 Å². The minimum Gasteiger partial charge on any atom is -0.399 e. The molecule has 5 nitrogen and oxygen atoms in total. The number of nitrogens with zero attached hydrogens (tertiary/aromatic N) is 1. The second-order valence-electron chi connectivity index (χ2n) is 8.06. The van der Waals surface area contributed by atoms with E-state index in [0.717, 1.165) is 21.8 Å².